The lowest BCUT2D eigenvalue weighted by Gasteiger charge is -2.21. The van der Waals surface area contributed by atoms with E-state index in [4.69, 9.17) is 9.15 Å². The molecular formula is C16H22N4O3. The van der Waals surface area contributed by atoms with Crippen LogP contribution in [-0.2, 0) is 4.74 Å². The molecule has 1 amide bonds. The highest BCUT2D eigenvalue weighted by atomic mass is 16.5. The molecule has 3 heterocycles. The molecule has 3 rings (SSSR count). The number of nitrogens with one attached hydrogen (secondary N) is 1. The van der Waals surface area contributed by atoms with Crippen LogP contribution in [0.1, 0.15) is 16.9 Å². The number of methoxy groups -OCH3 is 1. The van der Waals surface area contributed by atoms with Crippen molar-refractivity contribution in [2.45, 2.75) is 6.42 Å². The van der Waals surface area contributed by atoms with Crippen LogP contribution in [0.25, 0.3) is 11.5 Å². The molecule has 1 fully saturated rings. The normalized spacial score (nSPS) is 16.5. The molecule has 23 heavy (non-hydrogen) atoms. The van der Waals surface area contributed by atoms with Gasteiger partial charge in [0, 0.05) is 39.4 Å². The minimum Gasteiger partial charge on any atom is -0.463 e. The zero-order valence-corrected chi connectivity index (χ0v) is 13.3. The van der Waals surface area contributed by atoms with Gasteiger partial charge in [-0.2, -0.15) is 5.10 Å². The van der Waals surface area contributed by atoms with Crippen LogP contribution in [0.5, 0.6) is 0 Å². The first-order valence-electron chi connectivity index (χ1n) is 7.88. The highest BCUT2D eigenvalue weighted by Crippen LogP contribution is 2.18. The smallest absolute Gasteiger partial charge is 0.274 e. The second-order valence-corrected chi connectivity index (χ2v) is 5.62. The Balaban J connectivity index is 1.62. The van der Waals surface area contributed by atoms with Crippen molar-refractivity contribution in [1.82, 2.24) is 20.0 Å². The average Bonchev–Trinajstić information content (AvgIpc) is 3.20. The molecule has 0 unspecified atom stereocenters. The fourth-order valence-corrected chi connectivity index (χ4v) is 2.77. The Morgan fingerprint density at radius 1 is 1.39 bits per heavy atom. The fourth-order valence-electron chi connectivity index (χ4n) is 2.77. The standard InChI is InChI=1S/C16H22N4O3/c1-22-11-9-19-5-3-6-20(8-7-19)16(21)14-12-13(17-18-14)15-4-2-10-23-15/h2,4,10,12H,3,5-9,11H2,1H3,(H,17,18). The number of ether oxygens (including phenoxy) is 1. The number of aromatic nitrogens is 2. The SMILES string of the molecule is COCCN1CCCN(C(=O)c2cc(-c3ccco3)[nH]n2)CC1. The summed E-state index contributed by atoms with van der Waals surface area (Å²) in [6.45, 7) is 4.95. The Morgan fingerprint density at radius 3 is 3.09 bits per heavy atom. The summed E-state index contributed by atoms with van der Waals surface area (Å²) in [5, 5.41) is 7.00. The van der Waals surface area contributed by atoms with Crippen molar-refractivity contribution >= 4 is 5.91 Å². The Morgan fingerprint density at radius 2 is 2.30 bits per heavy atom. The Labute approximate surface area is 135 Å². The fraction of sp³-hybridized carbons (Fsp3) is 0.500. The number of nitrogens with zero attached hydrogens (tertiary/aromatic N) is 3. The lowest BCUT2D eigenvalue weighted by molar-refractivity contribution is 0.0753. The van der Waals surface area contributed by atoms with Gasteiger partial charge in [0.05, 0.1) is 12.9 Å². The largest absolute Gasteiger partial charge is 0.463 e. The van der Waals surface area contributed by atoms with Crippen LogP contribution in [-0.4, -0.2) is 72.3 Å². The van der Waals surface area contributed by atoms with Crippen LogP contribution in [0.15, 0.2) is 28.9 Å². The second-order valence-electron chi connectivity index (χ2n) is 5.62. The zero-order valence-electron chi connectivity index (χ0n) is 13.3. The van der Waals surface area contributed by atoms with Crippen molar-refractivity contribution in [3.8, 4) is 11.5 Å². The van der Waals surface area contributed by atoms with Crippen LogP contribution in [0, 0.1) is 0 Å². The Bertz CT molecular complexity index is 623. The third kappa shape index (κ3) is 3.80. The van der Waals surface area contributed by atoms with Gasteiger partial charge in [0.2, 0.25) is 0 Å². The molecule has 2 aromatic heterocycles. The molecule has 1 aliphatic heterocycles. The van der Waals surface area contributed by atoms with Gasteiger partial charge in [-0.25, -0.2) is 0 Å². The molecule has 1 saturated heterocycles. The number of H-pyrrole nitrogens is 1. The molecule has 0 radical (unpaired) electrons. The monoisotopic (exact) mass is 318 g/mol. The van der Waals surface area contributed by atoms with E-state index in [9.17, 15) is 4.79 Å². The first kappa shape index (κ1) is 15.8. The van der Waals surface area contributed by atoms with E-state index < -0.39 is 0 Å². The van der Waals surface area contributed by atoms with Gasteiger partial charge in [0.25, 0.3) is 5.91 Å². The molecule has 7 heteroatoms. The number of amides is 1. The zero-order chi connectivity index (χ0) is 16.1. The van der Waals surface area contributed by atoms with Crippen LogP contribution in [0.4, 0.5) is 0 Å². The van der Waals surface area contributed by atoms with E-state index in [1.165, 1.54) is 0 Å². The van der Waals surface area contributed by atoms with E-state index in [0.29, 0.717) is 18.0 Å². The summed E-state index contributed by atoms with van der Waals surface area (Å²) < 4.78 is 10.4. The van der Waals surface area contributed by atoms with Crippen LogP contribution in [0.2, 0.25) is 0 Å². The van der Waals surface area contributed by atoms with E-state index in [1.807, 2.05) is 11.0 Å². The van der Waals surface area contributed by atoms with E-state index in [1.54, 1.807) is 25.5 Å². The van der Waals surface area contributed by atoms with E-state index >= 15 is 0 Å². The highest BCUT2D eigenvalue weighted by Gasteiger charge is 2.22. The van der Waals surface area contributed by atoms with E-state index in [0.717, 1.165) is 44.9 Å². The van der Waals surface area contributed by atoms with Crippen LogP contribution in [0.3, 0.4) is 0 Å². The maximum absolute atomic E-state index is 12.6. The molecular weight excluding hydrogens is 296 g/mol. The third-order valence-corrected chi connectivity index (χ3v) is 4.07. The molecule has 0 aliphatic carbocycles. The molecule has 7 nitrogen and oxygen atoms in total. The number of hydrogen-bond acceptors (Lipinski definition) is 5. The van der Waals surface area contributed by atoms with Crippen molar-refractivity contribution in [2.24, 2.45) is 0 Å². The molecule has 0 bridgehead atoms. The van der Waals surface area contributed by atoms with Gasteiger partial charge in [0.1, 0.15) is 5.69 Å². The van der Waals surface area contributed by atoms with Crippen LogP contribution < -0.4 is 0 Å². The summed E-state index contributed by atoms with van der Waals surface area (Å²) in [6.07, 6.45) is 2.56. The summed E-state index contributed by atoms with van der Waals surface area (Å²) in [5.74, 6) is 0.644. The first-order valence-corrected chi connectivity index (χ1v) is 7.88. The van der Waals surface area contributed by atoms with Gasteiger partial charge in [-0.1, -0.05) is 0 Å². The lowest BCUT2D eigenvalue weighted by Crippen LogP contribution is -2.36. The maximum Gasteiger partial charge on any atom is 0.274 e. The second kappa shape index (κ2) is 7.43. The van der Waals surface area contributed by atoms with E-state index in [-0.39, 0.29) is 5.91 Å². The van der Waals surface area contributed by atoms with Crippen LogP contribution >= 0.6 is 0 Å². The summed E-state index contributed by atoms with van der Waals surface area (Å²) >= 11 is 0. The van der Waals surface area contributed by atoms with Gasteiger partial charge < -0.3 is 14.1 Å². The minimum atomic E-state index is -0.0346. The summed E-state index contributed by atoms with van der Waals surface area (Å²) in [5.41, 5.74) is 1.15. The molecule has 1 N–H and O–H groups in total. The van der Waals surface area contributed by atoms with Crippen molar-refractivity contribution in [1.29, 1.82) is 0 Å². The predicted octanol–water partition coefficient (Wildman–Crippen LogP) is 1.46. The van der Waals surface area contributed by atoms with Gasteiger partial charge in [0.15, 0.2) is 11.5 Å². The average molecular weight is 318 g/mol. The molecule has 124 valence electrons. The highest BCUT2D eigenvalue weighted by molar-refractivity contribution is 5.93. The van der Waals surface area contributed by atoms with Gasteiger partial charge in [-0.3, -0.25) is 14.8 Å². The van der Waals surface area contributed by atoms with Crippen molar-refractivity contribution in [3.63, 3.8) is 0 Å². The summed E-state index contributed by atoms with van der Waals surface area (Å²) in [7, 11) is 1.71. The maximum atomic E-state index is 12.6. The number of carbonyl (C=O) groups is 1. The summed E-state index contributed by atoms with van der Waals surface area (Å²) in [6, 6.07) is 5.39. The van der Waals surface area contributed by atoms with Crippen molar-refractivity contribution < 1.29 is 13.9 Å². The van der Waals surface area contributed by atoms with Gasteiger partial charge in [-0.05, 0) is 25.1 Å². The number of carbonyl (C=O) groups excluding carboxylic acids is 1. The number of hydrogen-bond donors (Lipinski definition) is 1. The van der Waals surface area contributed by atoms with Gasteiger partial charge >= 0.3 is 0 Å². The van der Waals surface area contributed by atoms with Crippen molar-refractivity contribution in [3.05, 3.63) is 30.2 Å². The molecule has 1 aliphatic rings. The number of furan rings is 1. The Kier molecular flexibility index (Phi) is 5.09. The third-order valence-electron chi connectivity index (χ3n) is 4.07. The Hall–Kier alpha value is -2.12. The van der Waals surface area contributed by atoms with Crippen molar-refractivity contribution in [2.75, 3.05) is 46.4 Å². The molecule has 0 saturated carbocycles. The number of rotatable bonds is 5. The topological polar surface area (TPSA) is 74.6 Å². The molecule has 0 aromatic carbocycles. The molecule has 0 atom stereocenters. The minimum absolute atomic E-state index is 0.0346. The summed E-state index contributed by atoms with van der Waals surface area (Å²) in [4.78, 5) is 16.8. The van der Waals surface area contributed by atoms with E-state index in [2.05, 4.69) is 15.1 Å². The number of aromatic amines is 1. The molecule has 0 spiro atoms. The first-order chi connectivity index (χ1) is 11.3. The quantitative estimate of drug-likeness (QED) is 0.903. The lowest BCUT2D eigenvalue weighted by atomic mass is 10.2. The predicted molar refractivity (Wildman–Crippen MR) is 85.1 cm³/mol. The molecule has 2 aromatic rings. The van der Waals surface area contributed by atoms with Gasteiger partial charge in [-0.15, -0.1) is 0 Å².